The summed E-state index contributed by atoms with van der Waals surface area (Å²) in [6.07, 6.45) is 4.04. The van der Waals surface area contributed by atoms with Gasteiger partial charge in [-0.2, -0.15) is 5.10 Å². The molecule has 0 radical (unpaired) electrons. The van der Waals surface area contributed by atoms with Crippen LogP contribution in [-0.2, 0) is 4.79 Å². The molecular weight excluding hydrogens is 399 g/mol. The summed E-state index contributed by atoms with van der Waals surface area (Å²) in [5, 5.41) is 4.84. The van der Waals surface area contributed by atoms with Gasteiger partial charge in [-0.05, 0) is 43.7 Å². The Hall–Kier alpha value is -2.24. The van der Waals surface area contributed by atoms with Crippen LogP contribution in [0, 0.1) is 0 Å². The molecule has 0 aromatic heterocycles. The van der Waals surface area contributed by atoms with Crippen LogP contribution in [0.1, 0.15) is 38.7 Å². The molecule has 28 heavy (non-hydrogen) atoms. The molecule has 5 nitrogen and oxygen atoms in total. The molecule has 0 bridgehead atoms. The van der Waals surface area contributed by atoms with Crippen molar-refractivity contribution in [2.45, 2.75) is 39.2 Å². The molecule has 1 atom stereocenters. The second-order valence-electron chi connectivity index (χ2n) is 6.16. The van der Waals surface area contributed by atoms with Gasteiger partial charge in [-0.1, -0.05) is 55.1 Å². The summed E-state index contributed by atoms with van der Waals surface area (Å²) in [6, 6.07) is 12.3. The fourth-order valence-corrected chi connectivity index (χ4v) is 2.78. The van der Waals surface area contributed by atoms with Crippen molar-refractivity contribution >= 4 is 35.3 Å². The average Bonchev–Trinajstić information content (AvgIpc) is 2.68. The maximum Gasteiger partial charge on any atom is 0.280 e. The standard InChI is InChI=1S/C21H24Cl2N2O3/c1-3-4-7-12-27-19-9-6-5-8-16(19)14-24-25-21(26)15(2)28-20-11-10-17(22)13-18(20)23/h5-6,8-11,13-15H,3-4,7,12H2,1-2H3,(H,25,26)/b24-14+. The largest absolute Gasteiger partial charge is 0.493 e. The first-order valence-corrected chi connectivity index (χ1v) is 9.93. The minimum atomic E-state index is -0.781. The number of benzene rings is 2. The molecule has 1 N–H and O–H groups in total. The second kappa shape index (κ2) is 11.6. The van der Waals surface area contributed by atoms with Gasteiger partial charge in [0.05, 0.1) is 17.8 Å². The number of carbonyl (C=O) groups is 1. The lowest BCUT2D eigenvalue weighted by atomic mass is 10.2. The van der Waals surface area contributed by atoms with Crippen LogP contribution >= 0.6 is 23.2 Å². The van der Waals surface area contributed by atoms with E-state index in [9.17, 15) is 4.79 Å². The van der Waals surface area contributed by atoms with E-state index in [1.165, 1.54) is 0 Å². The zero-order valence-electron chi connectivity index (χ0n) is 16.0. The van der Waals surface area contributed by atoms with Crippen molar-refractivity contribution in [2.75, 3.05) is 6.61 Å². The van der Waals surface area contributed by atoms with Crippen LogP contribution < -0.4 is 14.9 Å². The van der Waals surface area contributed by atoms with Gasteiger partial charge in [-0.15, -0.1) is 0 Å². The molecule has 150 valence electrons. The summed E-state index contributed by atoms with van der Waals surface area (Å²) in [5.74, 6) is 0.709. The van der Waals surface area contributed by atoms with E-state index in [2.05, 4.69) is 17.5 Å². The molecule has 0 saturated carbocycles. The second-order valence-corrected chi connectivity index (χ2v) is 7.01. The number of ether oxygens (including phenoxy) is 2. The minimum Gasteiger partial charge on any atom is -0.493 e. The van der Waals surface area contributed by atoms with E-state index in [0.29, 0.717) is 22.4 Å². The first kappa shape index (κ1) is 22.1. The molecule has 1 unspecified atom stereocenters. The number of carbonyl (C=O) groups excluding carboxylic acids is 1. The Balaban J connectivity index is 1.90. The average molecular weight is 423 g/mol. The van der Waals surface area contributed by atoms with Gasteiger partial charge in [0.15, 0.2) is 6.10 Å². The fourth-order valence-electron chi connectivity index (χ4n) is 2.32. The molecule has 2 aromatic rings. The van der Waals surface area contributed by atoms with Crippen molar-refractivity contribution in [3.8, 4) is 11.5 Å². The number of unbranched alkanes of at least 4 members (excludes halogenated alkanes) is 2. The lowest BCUT2D eigenvalue weighted by molar-refractivity contribution is -0.127. The van der Waals surface area contributed by atoms with Crippen LogP contribution in [0.4, 0.5) is 0 Å². The smallest absolute Gasteiger partial charge is 0.280 e. The quantitative estimate of drug-likeness (QED) is 0.313. The number of hydrogen-bond acceptors (Lipinski definition) is 4. The van der Waals surface area contributed by atoms with Crippen LogP contribution in [0.5, 0.6) is 11.5 Å². The Morgan fingerprint density at radius 3 is 2.71 bits per heavy atom. The van der Waals surface area contributed by atoms with Crippen molar-refractivity contribution < 1.29 is 14.3 Å². The Morgan fingerprint density at radius 1 is 1.18 bits per heavy atom. The van der Waals surface area contributed by atoms with E-state index >= 15 is 0 Å². The number of halogens is 2. The predicted octanol–water partition coefficient (Wildman–Crippen LogP) is 5.48. The summed E-state index contributed by atoms with van der Waals surface area (Å²) < 4.78 is 11.4. The lowest BCUT2D eigenvalue weighted by Crippen LogP contribution is -2.33. The van der Waals surface area contributed by atoms with E-state index in [0.717, 1.165) is 30.6 Å². The van der Waals surface area contributed by atoms with E-state index in [1.807, 2.05) is 24.3 Å². The number of nitrogens with zero attached hydrogens (tertiary/aromatic N) is 1. The zero-order chi connectivity index (χ0) is 20.4. The van der Waals surface area contributed by atoms with E-state index < -0.39 is 12.0 Å². The normalized spacial score (nSPS) is 12.0. The predicted molar refractivity (Wildman–Crippen MR) is 114 cm³/mol. The molecule has 7 heteroatoms. The third-order valence-corrected chi connectivity index (χ3v) is 4.40. The van der Waals surface area contributed by atoms with Crippen LogP contribution in [0.25, 0.3) is 0 Å². The first-order valence-electron chi connectivity index (χ1n) is 9.17. The van der Waals surface area contributed by atoms with Crippen LogP contribution in [-0.4, -0.2) is 24.8 Å². The molecule has 0 heterocycles. The van der Waals surface area contributed by atoms with E-state index in [1.54, 1.807) is 31.3 Å². The molecule has 1 amide bonds. The molecular formula is C21H24Cl2N2O3. The molecule has 2 rings (SSSR count). The minimum absolute atomic E-state index is 0.338. The molecule has 0 aliphatic rings. The van der Waals surface area contributed by atoms with Gasteiger partial charge in [0.1, 0.15) is 11.5 Å². The van der Waals surface area contributed by atoms with Crippen LogP contribution in [0.15, 0.2) is 47.6 Å². The Bertz CT molecular complexity index is 812. The summed E-state index contributed by atoms with van der Waals surface area (Å²) >= 11 is 11.9. The highest BCUT2D eigenvalue weighted by Crippen LogP contribution is 2.28. The number of hydrazone groups is 1. The number of rotatable bonds is 10. The maximum atomic E-state index is 12.2. The highest BCUT2D eigenvalue weighted by molar-refractivity contribution is 6.35. The Labute approximate surface area is 175 Å². The molecule has 0 aliphatic heterocycles. The third-order valence-electron chi connectivity index (χ3n) is 3.87. The van der Waals surface area contributed by atoms with Gasteiger partial charge >= 0.3 is 0 Å². The monoisotopic (exact) mass is 422 g/mol. The fraction of sp³-hybridized carbons (Fsp3) is 0.333. The highest BCUT2D eigenvalue weighted by Gasteiger charge is 2.15. The Morgan fingerprint density at radius 2 is 1.96 bits per heavy atom. The summed E-state index contributed by atoms with van der Waals surface area (Å²) in [6.45, 7) is 4.41. The zero-order valence-corrected chi connectivity index (χ0v) is 17.5. The maximum absolute atomic E-state index is 12.2. The number of nitrogens with one attached hydrogen (secondary N) is 1. The number of para-hydroxylation sites is 1. The molecule has 0 saturated heterocycles. The van der Waals surface area contributed by atoms with Gasteiger partial charge < -0.3 is 9.47 Å². The van der Waals surface area contributed by atoms with Gasteiger partial charge in [0.2, 0.25) is 0 Å². The molecule has 0 spiro atoms. The van der Waals surface area contributed by atoms with Crippen LogP contribution in [0.3, 0.4) is 0 Å². The van der Waals surface area contributed by atoms with Gasteiger partial charge in [-0.3, -0.25) is 4.79 Å². The molecule has 0 aliphatic carbocycles. The van der Waals surface area contributed by atoms with Crippen molar-refractivity contribution in [1.82, 2.24) is 5.43 Å². The summed E-state index contributed by atoms with van der Waals surface area (Å²) in [5.41, 5.74) is 3.25. The molecule has 2 aromatic carbocycles. The van der Waals surface area contributed by atoms with Gasteiger partial charge in [0, 0.05) is 10.6 Å². The number of hydrogen-bond donors (Lipinski definition) is 1. The number of amides is 1. The Kier molecular flexibility index (Phi) is 9.11. The first-order chi connectivity index (χ1) is 13.5. The van der Waals surface area contributed by atoms with Gasteiger partial charge in [-0.25, -0.2) is 5.43 Å². The van der Waals surface area contributed by atoms with Crippen molar-refractivity contribution in [3.63, 3.8) is 0 Å². The SMILES string of the molecule is CCCCCOc1ccccc1/C=N/NC(=O)C(C)Oc1ccc(Cl)cc1Cl. The van der Waals surface area contributed by atoms with Crippen molar-refractivity contribution in [2.24, 2.45) is 5.10 Å². The van der Waals surface area contributed by atoms with E-state index in [-0.39, 0.29) is 0 Å². The lowest BCUT2D eigenvalue weighted by Gasteiger charge is -2.14. The van der Waals surface area contributed by atoms with E-state index in [4.69, 9.17) is 32.7 Å². The summed E-state index contributed by atoms with van der Waals surface area (Å²) in [4.78, 5) is 12.2. The topological polar surface area (TPSA) is 59.9 Å². The highest BCUT2D eigenvalue weighted by atomic mass is 35.5. The van der Waals surface area contributed by atoms with Gasteiger partial charge in [0.25, 0.3) is 5.91 Å². The van der Waals surface area contributed by atoms with Crippen LogP contribution in [0.2, 0.25) is 10.0 Å². The summed E-state index contributed by atoms with van der Waals surface area (Å²) in [7, 11) is 0. The molecule has 0 fully saturated rings. The third kappa shape index (κ3) is 7.06. The van der Waals surface area contributed by atoms with Crippen molar-refractivity contribution in [3.05, 3.63) is 58.1 Å². The van der Waals surface area contributed by atoms with Crippen molar-refractivity contribution in [1.29, 1.82) is 0 Å².